The number of pyridine rings is 1. The van der Waals surface area contributed by atoms with Crippen LogP contribution in [0.1, 0.15) is 21.7 Å². The second-order valence-corrected chi connectivity index (χ2v) is 4.75. The number of rotatable bonds is 3. The Balaban J connectivity index is 2.41. The minimum atomic E-state index is -0.451. The van der Waals surface area contributed by atoms with Crippen LogP contribution >= 0.6 is 0 Å². The normalized spacial score (nSPS) is 10.2. The Labute approximate surface area is 122 Å². The van der Waals surface area contributed by atoms with Gasteiger partial charge in [-0.1, -0.05) is 18.2 Å². The van der Waals surface area contributed by atoms with Gasteiger partial charge in [-0.05, 0) is 12.1 Å². The highest BCUT2D eigenvalue weighted by atomic mass is 16.6. The minimum Gasteiger partial charge on any atom is -0.317 e. The number of carbonyl (C=O) groups is 1. The molecule has 0 saturated carbocycles. The van der Waals surface area contributed by atoms with Gasteiger partial charge in [0, 0.05) is 19.4 Å². The van der Waals surface area contributed by atoms with Gasteiger partial charge < -0.3 is 5.32 Å². The molecule has 0 unspecified atom stereocenters. The molecule has 0 bridgehead atoms. The number of nitrogens with zero attached hydrogens (tertiary/aromatic N) is 2. The maximum absolute atomic E-state index is 12.2. The molecule has 108 valence electrons. The topological polar surface area (TPSA) is 76.1 Å². The van der Waals surface area contributed by atoms with Crippen molar-refractivity contribution in [1.29, 1.82) is 0 Å². The average Bonchev–Trinajstić information content (AvgIpc) is 2.48. The summed E-state index contributed by atoms with van der Waals surface area (Å²) in [5.41, 5.74) is 2.20. The van der Waals surface area contributed by atoms with Crippen molar-refractivity contribution < 1.29 is 14.3 Å². The molecule has 6 heteroatoms. The molecule has 0 aliphatic rings. The highest BCUT2D eigenvalue weighted by Gasteiger charge is 2.25. The number of amides is 1. The van der Waals surface area contributed by atoms with Crippen molar-refractivity contribution in [2.24, 2.45) is 7.05 Å². The van der Waals surface area contributed by atoms with E-state index in [2.05, 4.69) is 5.32 Å². The Bertz CT molecular complexity index is 712. The van der Waals surface area contributed by atoms with E-state index in [1.54, 1.807) is 49.7 Å². The molecule has 1 aromatic heterocycles. The van der Waals surface area contributed by atoms with Crippen LogP contribution in [0.4, 0.5) is 11.4 Å². The van der Waals surface area contributed by atoms with Crippen LogP contribution in [-0.4, -0.2) is 10.8 Å². The first-order valence-electron chi connectivity index (χ1n) is 6.43. The van der Waals surface area contributed by atoms with Gasteiger partial charge in [0.15, 0.2) is 0 Å². The summed E-state index contributed by atoms with van der Waals surface area (Å²) in [7, 11) is 1.73. The molecule has 0 fully saturated rings. The molecule has 0 aliphatic carbocycles. The third-order valence-electron chi connectivity index (χ3n) is 3.53. The van der Waals surface area contributed by atoms with Crippen LogP contribution in [0.3, 0.4) is 0 Å². The summed E-state index contributed by atoms with van der Waals surface area (Å²) in [5, 5.41) is 13.8. The highest BCUT2D eigenvalue weighted by molar-refractivity contribution is 6.04. The van der Waals surface area contributed by atoms with Gasteiger partial charge in [-0.15, -0.1) is 0 Å². The van der Waals surface area contributed by atoms with Crippen LogP contribution in [0.25, 0.3) is 0 Å². The summed E-state index contributed by atoms with van der Waals surface area (Å²) >= 11 is 0. The zero-order valence-corrected chi connectivity index (χ0v) is 12.1. The number of carbonyl (C=O) groups excluding carboxylic acids is 1. The fourth-order valence-corrected chi connectivity index (χ4v) is 2.05. The largest absolute Gasteiger partial charge is 0.337 e. The fourth-order valence-electron chi connectivity index (χ4n) is 2.05. The number of benzene rings is 1. The summed E-state index contributed by atoms with van der Waals surface area (Å²) < 4.78 is 1.69. The number of hydrogen-bond acceptors (Lipinski definition) is 3. The van der Waals surface area contributed by atoms with E-state index in [1.807, 2.05) is 6.07 Å². The minimum absolute atomic E-state index is 0.0218. The third-order valence-corrected chi connectivity index (χ3v) is 3.53. The fraction of sp³-hybridized carbons (Fsp3) is 0.200. The Morgan fingerprint density at radius 3 is 2.38 bits per heavy atom. The molecule has 1 aromatic carbocycles. The smallest absolute Gasteiger partial charge is 0.317 e. The molecular weight excluding hydrogens is 270 g/mol. The van der Waals surface area contributed by atoms with Crippen molar-refractivity contribution in [1.82, 2.24) is 0 Å². The van der Waals surface area contributed by atoms with Gasteiger partial charge in [0.25, 0.3) is 11.6 Å². The third kappa shape index (κ3) is 2.89. The predicted octanol–water partition coefficient (Wildman–Crippen LogP) is 2.29. The Morgan fingerprint density at radius 2 is 1.81 bits per heavy atom. The van der Waals surface area contributed by atoms with Crippen molar-refractivity contribution in [3.63, 3.8) is 0 Å². The standard InChI is InChI=1S/C15H15N3O3/c1-10-13(9-14(18(20)21)11(2)17(10)3)16-15(19)12-7-5-4-6-8-12/h4-9H,1-3H3/p+1. The van der Waals surface area contributed by atoms with E-state index in [4.69, 9.17) is 0 Å². The molecular formula is C15H16N3O3+. The maximum Gasteiger partial charge on any atom is 0.337 e. The van der Waals surface area contributed by atoms with E-state index in [0.717, 1.165) is 5.69 Å². The summed E-state index contributed by atoms with van der Waals surface area (Å²) in [6.45, 7) is 3.48. The lowest BCUT2D eigenvalue weighted by Crippen LogP contribution is -2.37. The quantitative estimate of drug-likeness (QED) is 0.534. The van der Waals surface area contributed by atoms with Gasteiger partial charge in [-0.2, -0.15) is 4.57 Å². The Kier molecular flexibility index (Phi) is 3.98. The number of aromatic nitrogens is 1. The van der Waals surface area contributed by atoms with Crippen molar-refractivity contribution in [3.8, 4) is 0 Å². The van der Waals surface area contributed by atoms with Crippen molar-refractivity contribution >= 4 is 17.3 Å². The monoisotopic (exact) mass is 286 g/mol. The van der Waals surface area contributed by atoms with E-state index in [1.165, 1.54) is 6.07 Å². The predicted molar refractivity (Wildman–Crippen MR) is 78.1 cm³/mol. The Morgan fingerprint density at radius 1 is 1.19 bits per heavy atom. The lowest BCUT2D eigenvalue weighted by molar-refractivity contribution is -0.685. The zero-order valence-electron chi connectivity index (χ0n) is 12.1. The lowest BCUT2D eigenvalue weighted by Gasteiger charge is -2.08. The number of nitrogens with one attached hydrogen (secondary N) is 1. The van der Waals surface area contributed by atoms with Crippen LogP contribution in [-0.2, 0) is 7.05 Å². The van der Waals surface area contributed by atoms with Gasteiger partial charge in [-0.3, -0.25) is 14.9 Å². The van der Waals surface area contributed by atoms with Gasteiger partial charge >= 0.3 is 5.69 Å². The van der Waals surface area contributed by atoms with Crippen molar-refractivity contribution in [3.05, 3.63) is 63.5 Å². The van der Waals surface area contributed by atoms with Crippen LogP contribution in [0.2, 0.25) is 0 Å². The summed E-state index contributed by atoms with van der Waals surface area (Å²) in [5.74, 6) is -0.295. The second kappa shape index (κ2) is 5.70. The number of hydrogen-bond donors (Lipinski definition) is 1. The average molecular weight is 286 g/mol. The van der Waals surface area contributed by atoms with Crippen LogP contribution in [0.5, 0.6) is 0 Å². The van der Waals surface area contributed by atoms with E-state index in [0.29, 0.717) is 16.9 Å². The molecule has 0 atom stereocenters. The van der Waals surface area contributed by atoms with Crippen molar-refractivity contribution in [2.75, 3.05) is 5.32 Å². The van der Waals surface area contributed by atoms with E-state index >= 15 is 0 Å². The molecule has 1 amide bonds. The summed E-state index contributed by atoms with van der Waals surface area (Å²) in [6.07, 6.45) is 0. The molecule has 2 rings (SSSR count). The molecule has 0 aliphatic heterocycles. The summed E-state index contributed by atoms with van der Waals surface area (Å²) in [4.78, 5) is 22.8. The maximum atomic E-state index is 12.2. The van der Waals surface area contributed by atoms with Crippen molar-refractivity contribution in [2.45, 2.75) is 13.8 Å². The first-order valence-corrected chi connectivity index (χ1v) is 6.43. The molecule has 21 heavy (non-hydrogen) atoms. The molecule has 1 N–H and O–H groups in total. The lowest BCUT2D eigenvalue weighted by atomic mass is 10.2. The molecule has 0 spiro atoms. The van der Waals surface area contributed by atoms with Gasteiger partial charge in [0.1, 0.15) is 12.7 Å². The van der Waals surface area contributed by atoms with E-state index in [-0.39, 0.29) is 11.6 Å². The van der Waals surface area contributed by atoms with E-state index < -0.39 is 4.92 Å². The molecule has 0 saturated heterocycles. The SMILES string of the molecule is Cc1c(NC(=O)c2ccccc2)cc([N+](=O)[O-])c(C)[n+]1C. The number of nitro groups is 1. The second-order valence-electron chi connectivity index (χ2n) is 4.75. The van der Waals surface area contributed by atoms with Gasteiger partial charge in [-0.25, -0.2) is 0 Å². The first kappa shape index (κ1) is 14.6. The summed E-state index contributed by atoms with van der Waals surface area (Å²) in [6, 6.07) is 10.1. The molecule has 6 nitrogen and oxygen atoms in total. The van der Waals surface area contributed by atoms with Crippen LogP contribution in [0.15, 0.2) is 36.4 Å². The molecule has 0 radical (unpaired) electrons. The van der Waals surface area contributed by atoms with Gasteiger partial charge in [0.2, 0.25) is 5.69 Å². The first-order chi connectivity index (χ1) is 9.91. The highest BCUT2D eigenvalue weighted by Crippen LogP contribution is 2.22. The van der Waals surface area contributed by atoms with Crippen LogP contribution < -0.4 is 9.88 Å². The molecule has 1 heterocycles. The van der Waals surface area contributed by atoms with Gasteiger partial charge in [0.05, 0.1) is 11.0 Å². The van der Waals surface area contributed by atoms with E-state index in [9.17, 15) is 14.9 Å². The number of anilines is 1. The zero-order chi connectivity index (χ0) is 15.6. The molecule has 2 aromatic rings. The Hall–Kier alpha value is -2.76. The van der Waals surface area contributed by atoms with Crippen LogP contribution in [0, 0.1) is 24.0 Å².